The Morgan fingerprint density at radius 3 is 2.68 bits per heavy atom. The Morgan fingerprint density at radius 1 is 1.32 bits per heavy atom. The molecule has 0 heterocycles. The summed E-state index contributed by atoms with van der Waals surface area (Å²) in [4.78, 5) is 14.3. The molecule has 2 fully saturated rings. The predicted molar refractivity (Wildman–Crippen MR) is 75.1 cm³/mol. The highest BCUT2D eigenvalue weighted by atomic mass is 16.2. The van der Waals surface area contributed by atoms with E-state index in [0.717, 1.165) is 5.56 Å². The lowest BCUT2D eigenvalue weighted by Gasteiger charge is -2.18. The molecule has 0 bridgehead atoms. The van der Waals surface area contributed by atoms with Crippen molar-refractivity contribution in [1.82, 2.24) is 4.90 Å². The number of fused-ring (bicyclic) bond motifs is 1. The summed E-state index contributed by atoms with van der Waals surface area (Å²) >= 11 is 0. The highest BCUT2D eigenvalue weighted by Crippen LogP contribution is 2.58. The Labute approximate surface area is 114 Å². The van der Waals surface area contributed by atoms with Crippen molar-refractivity contribution >= 4 is 5.91 Å². The van der Waals surface area contributed by atoms with Crippen LogP contribution in [0.15, 0.2) is 24.3 Å². The van der Waals surface area contributed by atoms with E-state index in [-0.39, 0.29) is 0 Å². The standard InChI is InChI=1S/C16H22N2O/c1-18(10-12-5-2-4-11(8-12)9-17)16(19)15-13-6-3-7-14(13)15/h2,4-5,8,13-15H,3,6-7,9-10,17H2,1H3. The highest BCUT2D eigenvalue weighted by Gasteiger charge is 2.57. The molecule has 1 aromatic rings. The number of nitrogens with two attached hydrogens (primary N) is 1. The van der Waals surface area contributed by atoms with Gasteiger partial charge in [0.2, 0.25) is 5.91 Å². The van der Waals surface area contributed by atoms with Crippen LogP contribution in [0.4, 0.5) is 0 Å². The van der Waals surface area contributed by atoms with E-state index in [9.17, 15) is 4.79 Å². The van der Waals surface area contributed by atoms with Crippen molar-refractivity contribution in [1.29, 1.82) is 0 Å². The first-order valence-electron chi connectivity index (χ1n) is 7.23. The van der Waals surface area contributed by atoms with Gasteiger partial charge in [0.25, 0.3) is 0 Å². The summed E-state index contributed by atoms with van der Waals surface area (Å²) in [6.07, 6.45) is 3.84. The summed E-state index contributed by atoms with van der Waals surface area (Å²) < 4.78 is 0. The lowest BCUT2D eigenvalue weighted by molar-refractivity contribution is -0.132. The second-order valence-corrected chi connectivity index (χ2v) is 6.00. The molecule has 0 aliphatic heterocycles. The maximum absolute atomic E-state index is 12.4. The Morgan fingerprint density at radius 2 is 2.00 bits per heavy atom. The van der Waals surface area contributed by atoms with Crippen molar-refractivity contribution in [2.24, 2.45) is 23.5 Å². The molecule has 102 valence electrons. The SMILES string of the molecule is CN(Cc1cccc(CN)c1)C(=O)C1C2CCCC21. The summed E-state index contributed by atoms with van der Waals surface area (Å²) in [5.74, 6) is 2.07. The average molecular weight is 258 g/mol. The summed E-state index contributed by atoms with van der Waals surface area (Å²) in [5.41, 5.74) is 7.95. The first kappa shape index (κ1) is 12.7. The maximum Gasteiger partial charge on any atom is 0.226 e. The molecule has 2 N–H and O–H groups in total. The minimum Gasteiger partial charge on any atom is -0.341 e. The van der Waals surface area contributed by atoms with Crippen LogP contribution in [0.1, 0.15) is 30.4 Å². The van der Waals surface area contributed by atoms with Crippen LogP contribution < -0.4 is 5.73 Å². The van der Waals surface area contributed by atoms with Gasteiger partial charge in [-0.2, -0.15) is 0 Å². The minimum absolute atomic E-state index is 0.330. The van der Waals surface area contributed by atoms with E-state index < -0.39 is 0 Å². The molecule has 3 rings (SSSR count). The average Bonchev–Trinajstić information content (AvgIpc) is 2.90. The number of carbonyl (C=O) groups is 1. The third kappa shape index (κ3) is 2.39. The van der Waals surface area contributed by atoms with Crippen LogP contribution in [0.2, 0.25) is 0 Å². The molecular weight excluding hydrogens is 236 g/mol. The van der Waals surface area contributed by atoms with E-state index in [2.05, 4.69) is 12.1 Å². The van der Waals surface area contributed by atoms with Gasteiger partial charge in [0.15, 0.2) is 0 Å². The third-order valence-corrected chi connectivity index (χ3v) is 4.71. The summed E-state index contributed by atoms with van der Waals surface area (Å²) in [6.45, 7) is 1.25. The van der Waals surface area contributed by atoms with E-state index in [1.807, 2.05) is 24.1 Å². The molecule has 2 unspecified atom stereocenters. The van der Waals surface area contributed by atoms with Crippen LogP contribution in [0.25, 0.3) is 0 Å². The third-order valence-electron chi connectivity index (χ3n) is 4.71. The number of hydrogen-bond acceptors (Lipinski definition) is 2. The van der Waals surface area contributed by atoms with E-state index in [1.54, 1.807) is 0 Å². The molecular formula is C16H22N2O. The van der Waals surface area contributed by atoms with Crippen molar-refractivity contribution in [3.05, 3.63) is 35.4 Å². The van der Waals surface area contributed by atoms with Gasteiger partial charge < -0.3 is 10.6 Å². The molecule has 0 radical (unpaired) electrons. The number of carbonyl (C=O) groups excluding carboxylic acids is 1. The number of hydrogen-bond donors (Lipinski definition) is 1. The first-order chi connectivity index (χ1) is 9.20. The van der Waals surface area contributed by atoms with Gasteiger partial charge in [-0.05, 0) is 35.8 Å². The Bertz CT molecular complexity index is 475. The van der Waals surface area contributed by atoms with Crippen molar-refractivity contribution in [3.8, 4) is 0 Å². The lowest BCUT2D eigenvalue weighted by Crippen LogP contribution is -2.29. The molecule has 0 spiro atoms. The molecule has 2 aliphatic rings. The van der Waals surface area contributed by atoms with Gasteiger partial charge in [-0.15, -0.1) is 0 Å². The minimum atomic E-state index is 0.330. The molecule has 1 amide bonds. The Balaban J connectivity index is 1.61. The topological polar surface area (TPSA) is 46.3 Å². The van der Waals surface area contributed by atoms with Gasteiger partial charge in [-0.1, -0.05) is 30.7 Å². The summed E-state index contributed by atoms with van der Waals surface area (Å²) in [6, 6.07) is 8.20. The van der Waals surface area contributed by atoms with Crippen LogP contribution in [-0.2, 0) is 17.9 Å². The van der Waals surface area contributed by atoms with Gasteiger partial charge >= 0.3 is 0 Å². The molecule has 3 nitrogen and oxygen atoms in total. The molecule has 0 saturated heterocycles. The smallest absolute Gasteiger partial charge is 0.226 e. The van der Waals surface area contributed by atoms with Crippen molar-refractivity contribution in [2.75, 3.05) is 7.05 Å². The van der Waals surface area contributed by atoms with Crippen LogP contribution in [-0.4, -0.2) is 17.9 Å². The van der Waals surface area contributed by atoms with Crippen LogP contribution in [0, 0.1) is 17.8 Å². The Kier molecular flexibility index (Phi) is 3.31. The number of nitrogens with zero attached hydrogens (tertiary/aromatic N) is 1. The fraction of sp³-hybridized carbons (Fsp3) is 0.562. The second-order valence-electron chi connectivity index (χ2n) is 6.00. The number of benzene rings is 1. The molecule has 0 aromatic heterocycles. The van der Waals surface area contributed by atoms with Gasteiger partial charge in [-0.25, -0.2) is 0 Å². The van der Waals surface area contributed by atoms with E-state index in [4.69, 9.17) is 5.73 Å². The molecule has 19 heavy (non-hydrogen) atoms. The molecule has 1 aromatic carbocycles. The van der Waals surface area contributed by atoms with E-state index in [0.29, 0.717) is 36.8 Å². The van der Waals surface area contributed by atoms with Gasteiger partial charge in [-0.3, -0.25) is 4.79 Å². The van der Waals surface area contributed by atoms with E-state index in [1.165, 1.54) is 24.8 Å². The first-order valence-corrected chi connectivity index (χ1v) is 7.23. The predicted octanol–water partition coefficient (Wildman–Crippen LogP) is 2.15. The van der Waals surface area contributed by atoms with Gasteiger partial charge in [0.05, 0.1) is 0 Å². The zero-order chi connectivity index (χ0) is 13.4. The van der Waals surface area contributed by atoms with Crippen molar-refractivity contribution < 1.29 is 4.79 Å². The summed E-state index contributed by atoms with van der Waals surface area (Å²) in [5, 5.41) is 0. The molecule has 2 atom stereocenters. The maximum atomic E-state index is 12.4. The lowest BCUT2D eigenvalue weighted by atomic mass is 10.1. The second kappa shape index (κ2) is 4.97. The normalized spacial score (nSPS) is 28.0. The van der Waals surface area contributed by atoms with Crippen LogP contribution in [0.3, 0.4) is 0 Å². The number of amides is 1. The van der Waals surface area contributed by atoms with E-state index >= 15 is 0 Å². The van der Waals surface area contributed by atoms with Crippen LogP contribution >= 0.6 is 0 Å². The van der Waals surface area contributed by atoms with Gasteiger partial charge in [0.1, 0.15) is 0 Å². The van der Waals surface area contributed by atoms with Crippen LogP contribution in [0.5, 0.6) is 0 Å². The Hall–Kier alpha value is -1.35. The monoisotopic (exact) mass is 258 g/mol. The molecule has 2 aliphatic carbocycles. The number of rotatable bonds is 4. The largest absolute Gasteiger partial charge is 0.341 e. The zero-order valence-corrected chi connectivity index (χ0v) is 11.5. The zero-order valence-electron chi connectivity index (χ0n) is 11.5. The fourth-order valence-electron chi connectivity index (χ4n) is 3.65. The molecule has 2 saturated carbocycles. The molecule has 3 heteroatoms. The summed E-state index contributed by atoms with van der Waals surface area (Å²) in [7, 11) is 1.92. The highest BCUT2D eigenvalue weighted by molar-refractivity contribution is 5.82. The fourth-order valence-corrected chi connectivity index (χ4v) is 3.65. The van der Waals surface area contributed by atoms with Crippen molar-refractivity contribution in [2.45, 2.75) is 32.4 Å². The van der Waals surface area contributed by atoms with Gasteiger partial charge in [0, 0.05) is 26.1 Å². The quantitative estimate of drug-likeness (QED) is 0.899. The van der Waals surface area contributed by atoms with Crippen molar-refractivity contribution in [3.63, 3.8) is 0 Å².